The molecule has 0 bridgehead atoms. The van der Waals surface area contributed by atoms with Gasteiger partial charge in [-0.15, -0.1) is 0 Å². The van der Waals surface area contributed by atoms with Gasteiger partial charge in [-0.3, -0.25) is 10.1 Å². The van der Waals surface area contributed by atoms with Crippen molar-refractivity contribution in [2.45, 2.75) is 19.4 Å². The standard InChI is InChI=1S/C12H16BrN3O2/c1-8-7-15(5-4-10(8)14)11-3-2-9(13)6-12(11)16(17)18/h2-3,6,8,10H,4-5,7,14H2,1H3. The summed E-state index contributed by atoms with van der Waals surface area (Å²) >= 11 is 3.27. The van der Waals surface area contributed by atoms with Gasteiger partial charge in [0.2, 0.25) is 0 Å². The fourth-order valence-corrected chi connectivity index (χ4v) is 2.64. The van der Waals surface area contributed by atoms with Gasteiger partial charge in [-0.05, 0) is 24.5 Å². The van der Waals surface area contributed by atoms with Crippen LogP contribution in [0.1, 0.15) is 13.3 Å². The summed E-state index contributed by atoms with van der Waals surface area (Å²) in [6, 6.07) is 5.37. The Labute approximate surface area is 114 Å². The quantitative estimate of drug-likeness (QED) is 0.672. The highest BCUT2D eigenvalue weighted by atomic mass is 79.9. The molecule has 1 fully saturated rings. The second-order valence-electron chi connectivity index (χ2n) is 4.77. The first-order chi connectivity index (χ1) is 8.49. The third-order valence-electron chi connectivity index (χ3n) is 3.45. The van der Waals surface area contributed by atoms with E-state index in [1.54, 1.807) is 12.1 Å². The van der Waals surface area contributed by atoms with E-state index in [0.717, 1.165) is 24.0 Å². The molecule has 0 saturated carbocycles. The van der Waals surface area contributed by atoms with Crippen molar-refractivity contribution in [3.63, 3.8) is 0 Å². The minimum atomic E-state index is -0.334. The highest BCUT2D eigenvalue weighted by molar-refractivity contribution is 9.10. The molecule has 5 nitrogen and oxygen atoms in total. The van der Waals surface area contributed by atoms with E-state index in [9.17, 15) is 10.1 Å². The maximum absolute atomic E-state index is 11.1. The Balaban J connectivity index is 2.30. The van der Waals surface area contributed by atoms with Gasteiger partial charge in [-0.2, -0.15) is 0 Å². The Morgan fingerprint density at radius 1 is 1.56 bits per heavy atom. The Bertz CT molecular complexity index is 467. The zero-order chi connectivity index (χ0) is 13.3. The van der Waals surface area contributed by atoms with Crippen molar-refractivity contribution < 1.29 is 4.92 Å². The Morgan fingerprint density at radius 3 is 2.89 bits per heavy atom. The molecular weight excluding hydrogens is 298 g/mol. The molecule has 1 aromatic carbocycles. The lowest BCUT2D eigenvalue weighted by molar-refractivity contribution is -0.384. The van der Waals surface area contributed by atoms with E-state index >= 15 is 0 Å². The van der Waals surface area contributed by atoms with Gasteiger partial charge in [-0.25, -0.2) is 0 Å². The summed E-state index contributed by atoms with van der Waals surface area (Å²) in [7, 11) is 0. The van der Waals surface area contributed by atoms with Crippen LogP contribution in [0.4, 0.5) is 11.4 Å². The number of hydrogen-bond acceptors (Lipinski definition) is 4. The predicted octanol–water partition coefficient (Wildman–Crippen LogP) is 2.53. The molecule has 1 aliphatic rings. The molecule has 1 aromatic rings. The average molecular weight is 314 g/mol. The number of anilines is 1. The Morgan fingerprint density at radius 2 is 2.28 bits per heavy atom. The van der Waals surface area contributed by atoms with Gasteiger partial charge in [0, 0.05) is 29.7 Å². The summed E-state index contributed by atoms with van der Waals surface area (Å²) in [5.41, 5.74) is 6.80. The third-order valence-corrected chi connectivity index (χ3v) is 3.94. The van der Waals surface area contributed by atoms with Crippen LogP contribution in [0, 0.1) is 16.0 Å². The Kier molecular flexibility index (Phi) is 3.87. The molecule has 0 aliphatic carbocycles. The van der Waals surface area contributed by atoms with Crippen LogP contribution in [-0.2, 0) is 0 Å². The van der Waals surface area contributed by atoms with Crippen LogP contribution in [0.3, 0.4) is 0 Å². The first kappa shape index (κ1) is 13.3. The van der Waals surface area contributed by atoms with Crippen LogP contribution in [0.2, 0.25) is 0 Å². The normalized spacial score (nSPS) is 24.1. The van der Waals surface area contributed by atoms with Crippen LogP contribution >= 0.6 is 15.9 Å². The van der Waals surface area contributed by atoms with Gasteiger partial charge in [0.1, 0.15) is 5.69 Å². The first-order valence-electron chi connectivity index (χ1n) is 5.93. The molecule has 6 heteroatoms. The molecule has 1 saturated heterocycles. The lowest BCUT2D eigenvalue weighted by atomic mass is 9.94. The van der Waals surface area contributed by atoms with Gasteiger partial charge in [-0.1, -0.05) is 22.9 Å². The zero-order valence-electron chi connectivity index (χ0n) is 10.2. The first-order valence-corrected chi connectivity index (χ1v) is 6.73. The number of nitro benzene ring substituents is 1. The number of halogens is 1. The smallest absolute Gasteiger partial charge is 0.293 e. The second kappa shape index (κ2) is 5.24. The molecule has 2 rings (SSSR count). The number of nitrogens with zero attached hydrogens (tertiary/aromatic N) is 2. The number of rotatable bonds is 2. The van der Waals surface area contributed by atoms with E-state index in [1.165, 1.54) is 0 Å². The maximum Gasteiger partial charge on any atom is 0.293 e. The molecule has 0 radical (unpaired) electrons. The van der Waals surface area contributed by atoms with Crippen molar-refractivity contribution in [2.75, 3.05) is 18.0 Å². The lowest BCUT2D eigenvalue weighted by Crippen LogP contribution is -2.46. The minimum Gasteiger partial charge on any atom is -0.366 e. The predicted molar refractivity (Wildman–Crippen MR) is 74.8 cm³/mol. The number of benzene rings is 1. The van der Waals surface area contributed by atoms with Crippen molar-refractivity contribution in [3.8, 4) is 0 Å². The van der Waals surface area contributed by atoms with Crippen LogP contribution in [-0.4, -0.2) is 24.1 Å². The highest BCUT2D eigenvalue weighted by Crippen LogP contribution is 2.33. The van der Waals surface area contributed by atoms with Crippen molar-refractivity contribution in [3.05, 3.63) is 32.8 Å². The molecule has 98 valence electrons. The number of hydrogen-bond donors (Lipinski definition) is 1. The van der Waals surface area contributed by atoms with Gasteiger partial charge in [0.05, 0.1) is 4.92 Å². The third kappa shape index (κ3) is 2.64. The van der Waals surface area contributed by atoms with Crippen molar-refractivity contribution >= 4 is 27.3 Å². The monoisotopic (exact) mass is 313 g/mol. The molecule has 0 amide bonds. The molecule has 1 heterocycles. The van der Waals surface area contributed by atoms with Crippen LogP contribution in [0.25, 0.3) is 0 Å². The number of nitrogens with two attached hydrogens (primary N) is 1. The van der Waals surface area contributed by atoms with E-state index < -0.39 is 0 Å². The number of piperidine rings is 1. The van der Waals surface area contributed by atoms with E-state index in [2.05, 4.69) is 27.8 Å². The summed E-state index contributed by atoms with van der Waals surface area (Å²) < 4.78 is 0.722. The molecule has 0 spiro atoms. The molecule has 18 heavy (non-hydrogen) atoms. The molecule has 2 unspecified atom stereocenters. The summed E-state index contributed by atoms with van der Waals surface area (Å²) in [4.78, 5) is 12.8. The summed E-state index contributed by atoms with van der Waals surface area (Å²) in [5, 5.41) is 11.1. The highest BCUT2D eigenvalue weighted by Gasteiger charge is 2.27. The van der Waals surface area contributed by atoms with Gasteiger partial charge in [0.15, 0.2) is 0 Å². The minimum absolute atomic E-state index is 0.145. The lowest BCUT2D eigenvalue weighted by Gasteiger charge is -2.36. The topological polar surface area (TPSA) is 72.4 Å². The Hall–Kier alpha value is -1.14. The van der Waals surface area contributed by atoms with Gasteiger partial charge in [0.25, 0.3) is 5.69 Å². The fourth-order valence-electron chi connectivity index (χ4n) is 2.29. The average Bonchev–Trinajstić information content (AvgIpc) is 2.32. The zero-order valence-corrected chi connectivity index (χ0v) is 11.8. The molecule has 0 aromatic heterocycles. The molecule has 1 aliphatic heterocycles. The molecule has 2 atom stereocenters. The van der Waals surface area contributed by atoms with Gasteiger partial charge < -0.3 is 10.6 Å². The van der Waals surface area contributed by atoms with E-state index in [-0.39, 0.29) is 16.7 Å². The van der Waals surface area contributed by atoms with E-state index in [4.69, 9.17) is 5.73 Å². The molecule has 2 N–H and O–H groups in total. The van der Waals surface area contributed by atoms with Crippen molar-refractivity contribution in [2.24, 2.45) is 11.7 Å². The van der Waals surface area contributed by atoms with E-state index in [0.29, 0.717) is 11.6 Å². The SMILES string of the molecule is CC1CN(c2ccc(Br)cc2[N+](=O)[O-])CCC1N. The van der Waals surface area contributed by atoms with Crippen molar-refractivity contribution in [1.82, 2.24) is 0 Å². The summed E-state index contributed by atoms with van der Waals surface area (Å²) in [5.74, 6) is 0.349. The maximum atomic E-state index is 11.1. The second-order valence-corrected chi connectivity index (χ2v) is 5.68. The number of nitro groups is 1. The fraction of sp³-hybridized carbons (Fsp3) is 0.500. The summed E-state index contributed by atoms with van der Waals surface area (Å²) in [6.07, 6.45) is 0.869. The van der Waals surface area contributed by atoms with Gasteiger partial charge >= 0.3 is 0 Å². The largest absolute Gasteiger partial charge is 0.366 e. The molecular formula is C12H16BrN3O2. The van der Waals surface area contributed by atoms with Crippen LogP contribution in [0.5, 0.6) is 0 Å². The van der Waals surface area contributed by atoms with Crippen LogP contribution in [0.15, 0.2) is 22.7 Å². The van der Waals surface area contributed by atoms with Crippen LogP contribution < -0.4 is 10.6 Å². The van der Waals surface area contributed by atoms with E-state index in [1.807, 2.05) is 6.07 Å². The summed E-state index contributed by atoms with van der Waals surface area (Å²) in [6.45, 7) is 3.62. The van der Waals surface area contributed by atoms with Crippen molar-refractivity contribution in [1.29, 1.82) is 0 Å².